The first kappa shape index (κ1) is 8.55. The van der Waals surface area contributed by atoms with Crippen LogP contribution in [0.15, 0.2) is 4.60 Å². The molecule has 11 heavy (non-hydrogen) atoms. The molecule has 4 nitrogen and oxygen atoms in total. The molecule has 1 heterocycles. The van der Waals surface area contributed by atoms with Crippen LogP contribution in [0.25, 0.3) is 0 Å². The van der Waals surface area contributed by atoms with Gasteiger partial charge in [-0.1, -0.05) is 0 Å². The Morgan fingerprint density at radius 2 is 2.36 bits per heavy atom. The summed E-state index contributed by atoms with van der Waals surface area (Å²) >= 11 is 3.22. The van der Waals surface area contributed by atoms with Gasteiger partial charge >= 0.3 is 0 Å². The molecule has 5 heteroatoms. The van der Waals surface area contributed by atoms with E-state index in [1.54, 1.807) is 11.8 Å². The van der Waals surface area contributed by atoms with Crippen molar-refractivity contribution in [3.63, 3.8) is 0 Å². The maximum absolute atomic E-state index is 5.68. The molecular weight excluding hydrogens is 210 g/mol. The molecular formula is C6H10BrN3O. The molecule has 2 N–H and O–H groups in total. The summed E-state index contributed by atoms with van der Waals surface area (Å²) in [6.45, 7) is 0.487. The van der Waals surface area contributed by atoms with Crippen LogP contribution in [-0.2, 0) is 18.4 Å². The number of nitrogens with two attached hydrogens (primary N) is 1. The Labute approximate surface area is 73.5 Å². The summed E-state index contributed by atoms with van der Waals surface area (Å²) in [5, 5.41) is 4.06. The third-order valence-corrected chi connectivity index (χ3v) is 2.03. The first-order valence-corrected chi connectivity index (χ1v) is 3.92. The van der Waals surface area contributed by atoms with Gasteiger partial charge < -0.3 is 10.5 Å². The second kappa shape index (κ2) is 3.23. The number of ether oxygens (including phenoxy) is 1. The van der Waals surface area contributed by atoms with E-state index in [1.807, 2.05) is 7.05 Å². The van der Waals surface area contributed by atoms with E-state index in [-0.39, 0.29) is 0 Å². The van der Waals surface area contributed by atoms with E-state index < -0.39 is 0 Å². The SMILES string of the molecule is COCc1c(N)c(Br)nn1C. The van der Waals surface area contributed by atoms with Gasteiger partial charge in [-0.3, -0.25) is 4.68 Å². The molecule has 1 aromatic heterocycles. The van der Waals surface area contributed by atoms with Gasteiger partial charge in [0.25, 0.3) is 0 Å². The summed E-state index contributed by atoms with van der Waals surface area (Å²) < 4.78 is 7.31. The largest absolute Gasteiger partial charge is 0.395 e. The molecule has 0 aliphatic carbocycles. The minimum absolute atomic E-state index is 0.487. The third kappa shape index (κ3) is 1.54. The lowest BCUT2D eigenvalue weighted by Gasteiger charge is -1.99. The maximum Gasteiger partial charge on any atom is 0.151 e. The number of methoxy groups -OCH3 is 1. The summed E-state index contributed by atoms with van der Waals surface area (Å²) in [6, 6.07) is 0. The zero-order chi connectivity index (χ0) is 8.43. The lowest BCUT2D eigenvalue weighted by Crippen LogP contribution is -2.01. The van der Waals surface area contributed by atoms with E-state index in [0.717, 1.165) is 5.69 Å². The van der Waals surface area contributed by atoms with E-state index in [4.69, 9.17) is 10.5 Å². The average Bonchev–Trinajstić information content (AvgIpc) is 2.17. The Morgan fingerprint density at radius 3 is 2.73 bits per heavy atom. The monoisotopic (exact) mass is 219 g/mol. The van der Waals surface area contributed by atoms with Crippen molar-refractivity contribution in [1.82, 2.24) is 9.78 Å². The highest BCUT2D eigenvalue weighted by Crippen LogP contribution is 2.21. The zero-order valence-electron chi connectivity index (χ0n) is 6.47. The van der Waals surface area contributed by atoms with Crippen LogP contribution in [-0.4, -0.2) is 16.9 Å². The Morgan fingerprint density at radius 1 is 1.73 bits per heavy atom. The number of aryl methyl sites for hydroxylation is 1. The molecule has 62 valence electrons. The summed E-state index contributed by atoms with van der Waals surface area (Å²) in [6.07, 6.45) is 0. The second-order valence-electron chi connectivity index (χ2n) is 2.21. The molecule has 0 unspecified atom stereocenters. The molecule has 0 bridgehead atoms. The van der Waals surface area contributed by atoms with Gasteiger partial charge in [0.1, 0.15) is 0 Å². The average molecular weight is 220 g/mol. The lowest BCUT2D eigenvalue weighted by molar-refractivity contribution is 0.178. The molecule has 1 aromatic rings. The number of halogens is 1. The van der Waals surface area contributed by atoms with Crippen molar-refractivity contribution in [1.29, 1.82) is 0 Å². The van der Waals surface area contributed by atoms with E-state index in [1.165, 1.54) is 0 Å². The highest BCUT2D eigenvalue weighted by atomic mass is 79.9. The molecule has 0 saturated carbocycles. The number of aromatic nitrogens is 2. The number of hydrogen-bond donors (Lipinski definition) is 1. The number of anilines is 1. The smallest absolute Gasteiger partial charge is 0.151 e. The highest BCUT2D eigenvalue weighted by molar-refractivity contribution is 9.10. The molecule has 0 aliphatic rings. The van der Waals surface area contributed by atoms with Gasteiger partial charge in [-0.25, -0.2) is 0 Å². The first-order valence-electron chi connectivity index (χ1n) is 3.12. The van der Waals surface area contributed by atoms with Crippen LogP contribution in [0.3, 0.4) is 0 Å². The molecule has 0 atom stereocenters. The highest BCUT2D eigenvalue weighted by Gasteiger charge is 2.09. The number of nitrogens with zero attached hydrogens (tertiary/aromatic N) is 2. The molecule has 0 aliphatic heterocycles. The fraction of sp³-hybridized carbons (Fsp3) is 0.500. The Bertz CT molecular complexity index is 259. The van der Waals surface area contributed by atoms with Crippen molar-refractivity contribution in [2.24, 2.45) is 7.05 Å². The number of nitrogen functional groups attached to an aromatic ring is 1. The summed E-state index contributed by atoms with van der Waals surface area (Å²) in [5.74, 6) is 0. The Hall–Kier alpha value is -0.550. The molecule has 0 fully saturated rings. The molecule has 0 saturated heterocycles. The maximum atomic E-state index is 5.68. The normalized spacial score (nSPS) is 10.5. The first-order chi connectivity index (χ1) is 5.16. The van der Waals surface area contributed by atoms with Gasteiger partial charge in [-0.2, -0.15) is 5.10 Å². The van der Waals surface area contributed by atoms with Crippen molar-refractivity contribution >= 4 is 21.6 Å². The fourth-order valence-corrected chi connectivity index (χ4v) is 1.31. The van der Waals surface area contributed by atoms with Crippen molar-refractivity contribution in [2.45, 2.75) is 6.61 Å². The van der Waals surface area contributed by atoms with Crippen LogP contribution in [0.1, 0.15) is 5.69 Å². The molecule has 0 radical (unpaired) electrons. The zero-order valence-corrected chi connectivity index (χ0v) is 8.05. The number of hydrogen-bond acceptors (Lipinski definition) is 3. The molecule has 1 rings (SSSR count). The number of rotatable bonds is 2. The van der Waals surface area contributed by atoms with Crippen LogP contribution in [0.4, 0.5) is 5.69 Å². The van der Waals surface area contributed by atoms with Crippen LogP contribution in [0.5, 0.6) is 0 Å². The van der Waals surface area contributed by atoms with Crippen LogP contribution in [0.2, 0.25) is 0 Å². The van der Waals surface area contributed by atoms with Crippen LogP contribution < -0.4 is 5.73 Å². The minimum atomic E-state index is 0.487. The Kier molecular flexibility index (Phi) is 2.51. The summed E-state index contributed by atoms with van der Waals surface area (Å²) in [4.78, 5) is 0. The summed E-state index contributed by atoms with van der Waals surface area (Å²) in [5.41, 5.74) is 7.22. The van der Waals surface area contributed by atoms with Gasteiger partial charge in [0.15, 0.2) is 4.60 Å². The standard InChI is InChI=1S/C6H10BrN3O/c1-10-4(3-11-2)5(8)6(7)9-10/h3,8H2,1-2H3. The van der Waals surface area contributed by atoms with Crippen molar-refractivity contribution < 1.29 is 4.74 Å². The van der Waals surface area contributed by atoms with Gasteiger partial charge in [0, 0.05) is 14.2 Å². The van der Waals surface area contributed by atoms with E-state index in [2.05, 4.69) is 21.0 Å². The minimum Gasteiger partial charge on any atom is -0.395 e. The van der Waals surface area contributed by atoms with E-state index in [9.17, 15) is 0 Å². The van der Waals surface area contributed by atoms with Crippen LogP contribution in [0, 0.1) is 0 Å². The quantitative estimate of drug-likeness (QED) is 0.805. The molecule has 0 amide bonds. The predicted octanol–water partition coefficient (Wildman–Crippen LogP) is 0.911. The van der Waals surface area contributed by atoms with Gasteiger partial charge in [0.05, 0.1) is 18.0 Å². The predicted molar refractivity (Wildman–Crippen MR) is 46.0 cm³/mol. The van der Waals surface area contributed by atoms with E-state index in [0.29, 0.717) is 16.9 Å². The van der Waals surface area contributed by atoms with Gasteiger partial charge in [0.2, 0.25) is 0 Å². The Balaban J connectivity index is 3.02. The second-order valence-corrected chi connectivity index (χ2v) is 2.96. The molecule has 0 spiro atoms. The third-order valence-electron chi connectivity index (χ3n) is 1.44. The van der Waals surface area contributed by atoms with E-state index >= 15 is 0 Å². The topological polar surface area (TPSA) is 53.1 Å². The van der Waals surface area contributed by atoms with Gasteiger partial charge in [-0.05, 0) is 15.9 Å². The van der Waals surface area contributed by atoms with Gasteiger partial charge in [-0.15, -0.1) is 0 Å². The summed E-state index contributed by atoms with van der Waals surface area (Å²) in [7, 11) is 3.45. The molecule has 0 aromatic carbocycles. The van der Waals surface area contributed by atoms with Crippen LogP contribution >= 0.6 is 15.9 Å². The van der Waals surface area contributed by atoms with Crippen molar-refractivity contribution in [2.75, 3.05) is 12.8 Å². The fourth-order valence-electron chi connectivity index (χ4n) is 0.847. The lowest BCUT2D eigenvalue weighted by atomic mass is 10.4. The van der Waals surface area contributed by atoms with Crippen molar-refractivity contribution in [3.8, 4) is 0 Å². The van der Waals surface area contributed by atoms with Crippen molar-refractivity contribution in [3.05, 3.63) is 10.3 Å².